The second kappa shape index (κ2) is 7.90. The SMILES string of the molecule is CC(O)C(=O)S.O=C(O)CS. The molecule has 66 valence electrons. The second-order valence-corrected chi connectivity index (χ2v) is 2.32. The van der Waals surface area contributed by atoms with Gasteiger partial charge in [-0.3, -0.25) is 9.59 Å². The molecule has 0 aliphatic heterocycles. The third-order valence-corrected chi connectivity index (χ3v) is 1.14. The standard InChI is InChI=1S/C3H6O2S.C2H4O2S/c1-2(4)3(5)6;3-2(4)1-5/h2,4H,1H3,(H,5,6);5H,1H2,(H,3,4). The lowest BCUT2D eigenvalue weighted by molar-refractivity contribution is -0.133. The Morgan fingerprint density at radius 1 is 1.55 bits per heavy atom. The van der Waals surface area contributed by atoms with Gasteiger partial charge in [-0.2, -0.15) is 12.6 Å². The van der Waals surface area contributed by atoms with Crippen molar-refractivity contribution in [1.82, 2.24) is 0 Å². The lowest BCUT2D eigenvalue weighted by Crippen LogP contribution is -2.07. The van der Waals surface area contributed by atoms with Crippen LogP contribution in [0.25, 0.3) is 0 Å². The Balaban J connectivity index is 0. The third-order valence-electron chi connectivity index (χ3n) is 0.493. The molecule has 1 atom stereocenters. The first kappa shape index (κ1) is 13.4. The number of carboxylic acid groups (broad SMARTS) is 1. The van der Waals surface area contributed by atoms with Crippen LogP contribution >= 0.6 is 25.3 Å². The van der Waals surface area contributed by atoms with Crippen LogP contribution in [0.1, 0.15) is 6.92 Å². The first-order valence-corrected chi connectivity index (χ1v) is 3.73. The molecule has 0 aromatic heterocycles. The van der Waals surface area contributed by atoms with E-state index in [1.54, 1.807) is 0 Å². The highest BCUT2D eigenvalue weighted by atomic mass is 32.1. The van der Waals surface area contributed by atoms with E-state index < -0.39 is 17.2 Å². The summed E-state index contributed by atoms with van der Waals surface area (Å²) in [7, 11) is 0. The molecule has 0 aliphatic rings. The van der Waals surface area contributed by atoms with Gasteiger partial charge in [-0.25, -0.2) is 0 Å². The lowest BCUT2D eigenvalue weighted by atomic mass is 10.5. The maximum atomic E-state index is 9.76. The zero-order valence-corrected chi connectivity index (χ0v) is 7.68. The van der Waals surface area contributed by atoms with Crippen molar-refractivity contribution in [2.24, 2.45) is 0 Å². The Hall–Kier alpha value is -0.200. The fraction of sp³-hybridized carbons (Fsp3) is 0.600. The summed E-state index contributed by atoms with van der Waals surface area (Å²) in [4.78, 5) is 19.0. The highest BCUT2D eigenvalue weighted by molar-refractivity contribution is 7.96. The molecule has 0 saturated carbocycles. The molecule has 0 radical (unpaired) electrons. The number of carboxylic acids is 1. The summed E-state index contributed by atoms with van der Waals surface area (Å²) >= 11 is 6.72. The van der Waals surface area contributed by atoms with Crippen molar-refractivity contribution in [3.63, 3.8) is 0 Å². The van der Waals surface area contributed by atoms with Crippen molar-refractivity contribution in [1.29, 1.82) is 0 Å². The number of hydrogen-bond donors (Lipinski definition) is 4. The smallest absolute Gasteiger partial charge is 0.313 e. The Labute approximate surface area is 75.4 Å². The van der Waals surface area contributed by atoms with Crippen molar-refractivity contribution in [3.05, 3.63) is 0 Å². The van der Waals surface area contributed by atoms with Gasteiger partial charge < -0.3 is 10.2 Å². The van der Waals surface area contributed by atoms with E-state index in [1.165, 1.54) is 6.92 Å². The van der Waals surface area contributed by atoms with Crippen molar-refractivity contribution in [2.45, 2.75) is 13.0 Å². The molecule has 0 aromatic rings. The minimum atomic E-state index is -0.923. The van der Waals surface area contributed by atoms with Gasteiger partial charge in [-0.05, 0) is 6.92 Å². The van der Waals surface area contributed by atoms with Crippen LogP contribution in [-0.4, -0.2) is 33.2 Å². The summed E-state index contributed by atoms with van der Waals surface area (Å²) in [6.07, 6.45) is -0.923. The molecule has 0 fully saturated rings. The number of rotatable bonds is 2. The van der Waals surface area contributed by atoms with Gasteiger partial charge in [0, 0.05) is 0 Å². The summed E-state index contributed by atoms with van der Waals surface area (Å²) in [5.74, 6) is -0.965. The molecule has 0 saturated heterocycles. The molecule has 0 aromatic carbocycles. The van der Waals surface area contributed by atoms with Gasteiger partial charge in [-0.1, -0.05) is 0 Å². The minimum Gasteiger partial charge on any atom is -0.481 e. The number of carbonyl (C=O) groups excluding carboxylic acids is 1. The molecular formula is C5H10O4S2. The number of carbonyl (C=O) groups is 2. The monoisotopic (exact) mass is 198 g/mol. The normalized spacial score (nSPS) is 10.9. The fourth-order valence-electron chi connectivity index (χ4n) is 0. The summed E-state index contributed by atoms with van der Waals surface area (Å²) in [6.45, 7) is 1.37. The van der Waals surface area contributed by atoms with Crippen LogP contribution in [0, 0.1) is 0 Å². The van der Waals surface area contributed by atoms with Crippen LogP contribution in [-0.2, 0) is 9.59 Å². The van der Waals surface area contributed by atoms with E-state index in [4.69, 9.17) is 10.2 Å². The first-order chi connectivity index (χ1) is 4.91. The summed E-state index contributed by atoms with van der Waals surface area (Å²) in [6, 6.07) is 0. The van der Waals surface area contributed by atoms with Gasteiger partial charge in [-0.15, -0.1) is 12.6 Å². The Kier molecular flexibility index (Phi) is 9.62. The average molecular weight is 198 g/mol. The first-order valence-electron chi connectivity index (χ1n) is 2.65. The van der Waals surface area contributed by atoms with Gasteiger partial charge in [0.05, 0.1) is 5.75 Å². The predicted octanol–water partition coefficient (Wildman–Crippen LogP) is -0.176. The van der Waals surface area contributed by atoms with Crippen molar-refractivity contribution >= 4 is 36.3 Å². The van der Waals surface area contributed by atoms with Crippen molar-refractivity contribution in [3.8, 4) is 0 Å². The predicted molar refractivity (Wildman–Crippen MR) is 47.2 cm³/mol. The van der Waals surface area contributed by atoms with E-state index >= 15 is 0 Å². The van der Waals surface area contributed by atoms with Gasteiger partial charge in [0.1, 0.15) is 6.10 Å². The Morgan fingerprint density at radius 2 is 1.73 bits per heavy atom. The van der Waals surface area contributed by atoms with Crippen molar-refractivity contribution < 1.29 is 19.8 Å². The number of aliphatic hydroxyl groups excluding tert-OH is 1. The van der Waals surface area contributed by atoms with Crippen LogP contribution < -0.4 is 0 Å². The summed E-state index contributed by atoms with van der Waals surface area (Å²) < 4.78 is 0. The highest BCUT2D eigenvalue weighted by Gasteiger charge is 1.98. The Bertz CT molecular complexity index is 134. The summed E-state index contributed by atoms with van der Waals surface area (Å²) in [5.41, 5.74) is 0. The number of thiol groups is 2. The molecular weight excluding hydrogens is 188 g/mol. The van der Waals surface area contributed by atoms with E-state index in [0.29, 0.717) is 0 Å². The molecule has 1 unspecified atom stereocenters. The van der Waals surface area contributed by atoms with Crippen molar-refractivity contribution in [2.75, 3.05) is 5.75 Å². The molecule has 0 spiro atoms. The van der Waals surface area contributed by atoms with E-state index in [9.17, 15) is 9.59 Å². The zero-order valence-electron chi connectivity index (χ0n) is 5.89. The highest BCUT2D eigenvalue weighted by Crippen LogP contribution is 1.84. The zero-order chi connectivity index (χ0) is 9.44. The maximum Gasteiger partial charge on any atom is 0.313 e. The second-order valence-electron chi connectivity index (χ2n) is 1.57. The molecule has 0 heterocycles. The van der Waals surface area contributed by atoms with E-state index in [-0.39, 0.29) is 5.75 Å². The van der Waals surface area contributed by atoms with Crippen LogP contribution in [0.4, 0.5) is 0 Å². The Morgan fingerprint density at radius 3 is 1.73 bits per heavy atom. The molecule has 0 rings (SSSR count). The maximum absolute atomic E-state index is 9.76. The van der Waals surface area contributed by atoms with E-state index in [0.717, 1.165) is 0 Å². The van der Waals surface area contributed by atoms with E-state index in [1.807, 2.05) is 0 Å². The quantitative estimate of drug-likeness (QED) is 0.465. The van der Waals surface area contributed by atoms with Crippen LogP contribution in [0.2, 0.25) is 0 Å². The molecule has 2 N–H and O–H groups in total. The largest absolute Gasteiger partial charge is 0.481 e. The molecule has 11 heavy (non-hydrogen) atoms. The third kappa shape index (κ3) is 17.7. The van der Waals surface area contributed by atoms with Gasteiger partial charge in [0.2, 0.25) is 5.12 Å². The number of aliphatic carboxylic acids is 1. The van der Waals surface area contributed by atoms with E-state index in [2.05, 4.69) is 25.3 Å². The van der Waals surface area contributed by atoms with Gasteiger partial charge in [0.15, 0.2) is 0 Å². The molecule has 0 bridgehead atoms. The fourth-order valence-corrected chi connectivity index (χ4v) is 0. The molecule has 0 amide bonds. The minimum absolute atomic E-state index is 0.0833. The average Bonchev–Trinajstić information content (AvgIpc) is 1.89. The molecule has 0 aliphatic carbocycles. The summed E-state index contributed by atoms with van der Waals surface area (Å²) in [5, 5.41) is 15.4. The lowest BCUT2D eigenvalue weighted by Gasteiger charge is -1.89. The number of aliphatic hydroxyl groups is 1. The van der Waals surface area contributed by atoms with Gasteiger partial charge in [0.25, 0.3) is 0 Å². The topological polar surface area (TPSA) is 74.6 Å². The molecule has 6 heteroatoms. The number of hydrogen-bond acceptors (Lipinski definition) is 4. The van der Waals surface area contributed by atoms with Crippen LogP contribution in [0.3, 0.4) is 0 Å². The van der Waals surface area contributed by atoms with Crippen LogP contribution in [0.5, 0.6) is 0 Å². The van der Waals surface area contributed by atoms with Crippen LogP contribution in [0.15, 0.2) is 0 Å². The molecule has 4 nitrogen and oxygen atoms in total. The van der Waals surface area contributed by atoms with Gasteiger partial charge >= 0.3 is 5.97 Å².